The van der Waals surface area contributed by atoms with Crippen molar-refractivity contribution in [1.29, 1.82) is 0 Å². The molecule has 0 unspecified atom stereocenters. The second-order valence-corrected chi connectivity index (χ2v) is 4.79. The maximum absolute atomic E-state index is 13.1. The van der Waals surface area contributed by atoms with Crippen LogP contribution < -0.4 is 5.73 Å². The highest BCUT2D eigenvalue weighted by atomic mass is 35.5. The van der Waals surface area contributed by atoms with Gasteiger partial charge in [0.05, 0.1) is 10.0 Å². The molecule has 0 spiro atoms. The highest BCUT2D eigenvalue weighted by molar-refractivity contribution is 6.37. The van der Waals surface area contributed by atoms with E-state index in [4.69, 9.17) is 33.4 Å². The summed E-state index contributed by atoms with van der Waals surface area (Å²) in [5.41, 5.74) is 6.56. The number of benzene rings is 1. The van der Waals surface area contributed by atoms with E-state index in [1.54, 1.807) is 12.1 Å². The summed E-state index contributed by atoms with van der Waals surface area (Å²) in [6, 6.07) is 7.38. The highest BCUT2D eigenvalue weighted by Crippen LogP contribution is 2.34. The Balaban J connectivity index is 2.21. The molecule has 3 nitrogen and oxygen atoms in total. The molecule has 0 fully saturated rings. The first kappa shape index (κ1) is 12.3. The zero-order valence-electron chi connectivity index (χ0n) is 9.45. The Kier molecular flexibility index (Phi) is 2.84. The molecule has 6 heteroatoms. The van der Waals surface area contributed by atoms with Gasteiger partial charge in [0, 0.05) is 5.39 Å². The average Bonchev–Trinajstić information content (AvgIpc) is 2.76. The van der Waals surface area contributed by atoms with Gasteiger partial charge in [-0.15, -0.1) is 0 Å². The Morgan fingerprint density at radius 3 is 2.68 bits per heavy atom. The number of furan rings is 1. The average molecular weight is 297 g/mol. The van der Waals surface area contributed by atoms with Gasteiger partial charge in [-0.05, 0) is 30.3 Å². The number of hydrogen-bond acceptors (Lipinski definition) is 3. The van der Waals surface area contributed by atoms with Gasteiger partial charge in [-0.3, -0.25) is 0 Å². The van der Waals surface area contributed by atoms with Crippen molar-refractivity contribution in [2.45, 2.75) is 0 Å². The fourth-order valence-electron chi connectivity index (χ4n) is 1.78. The van der Waals surface area contributed by atoms with Crippen molar-refractivity contribution in [3.8, 4) is 11.5 Å². The van der Waals surface area contributed by atoms with Crippen LogP contribution in [0.1, 0.15) is 0 Å². The summed E-state index contributed by atoms with van der Waals surface area (Å²) < 4.78 is 18.7. The van der Waals surface area contributed by atoms with Gasteiger partial charge in [-0.2, -0.15) is 0 Å². The Labute approximate surface area is 117 Å². The Morgan fingerprint density at radius 2 is 1.89 bits per heavy atom. The van der Waals surface area contributed by atoms with Crippen LogP contribution in [-0.2, 0) is 0 Å². The van der Waals surface area contributed by atoms with Gasteiger partial charge < -0.3 is 10.2 Å². The minimum Gasteiger partial charge on any atom is -0.454 e. The SMILES string of the molecule is Nc1nc(-c2cc3cc(F)ccc3o2)c(Cl)cc1Cl. The number of nitrogens with two attached hydrogens (primary N) is 1. The van der Waals surface area contributed by atoms with Gasteiger partial charge in [-0.1, -0.05) is 23.2 Å². The van der Waals surface area contributed by atoms with Crippen molar-refractivity contribution in [1.82, 2.24) is 4.98 Å². The first-order valence-electron chi connectivity index (χ1n) is 5.35. The van der Waals surface area contributed by atoms with E-state index in [2.05, 4.69) is 4.98 Å². The number of rotatable bonds is 1. The van der Waals surface area contributed by atoms with Gasteiger partial charge in [0.1, 0.15) is 22.9 Å². The summed E-state index contributed by atoms with van der Waals surface area (Å²) in [4.78, 5) is 4.09. The molecule has 2 heterocycles. The zero-order chi connectivity index (χ0) is 13.6. The molecule has 1 aromatic carbocycles. The molecule has 3 rings (SSSR count). The summed E-state index contributed by atoms with van der Waals surface area (Å²) >= 11 is 11.9. The minimum atomic E-state index is -0.338. The zero-order valence-corrected chi connectivity index (χ0v) is 11.0. The molecule has 19 heavy (non-hydrogen) atoms. The predicted molar refractivity (Wildman–Crippen MR) is 73.8 cm³/mol. The van der Waals surface area contributed by atoms with Crippen LogP contribution >= 0.6 is 23.2 Å². The molecule has 3 aromatic rings. The normalized spacial score (nSPS) is 11.1. The second-order valence-electron chi connectivity index (χ2n) is 3.98. The van der Waals surface area contributed by atoms with Gasteiger partial charge >= 0.3 is 0 Å². The number of nitrogen functional groups attached to an aromatic ring is 1. The van der Waals surface area contributed by atoms with Crippen LogP contribution in [0.3, 0.4) is 0 Å². The topological polar surface area (TPSA) is 52.0 Å². The van der Waals surface area contributed by atoms with Gasteiger partial charge in [0.15, 0.2) is 5.76 Å². The molecule has 2 N–H and O–H groups in total. The maximum atomic E-state index is 13.1. The van der Waals surface area contributed by atoms with Crippen LogP contribution in [0.15, 0.2) is 34.7 Å². The van der Waals surface area contributed by atoms with Crippen LogP contribution in [0.4, 0.5) is 10.2 Å². The third-order valence-corrected chi connectivity index (χ3v) is 3.26. The first-order valence-corrected chi connectivity index (χ1v) is 6.11. The molecule has 96 valence electrons. The second kappa shape index (κ2) is 4.40. The molecule has 0 bridgehead atoms. The maximum Gasteiger partial charge on any atom is 0.155 e. The smallest absolute Gasteiger partial charge is 0.155 e. The lowest BCUT2D eigenvalue weighted by molar-refractivity contribution is 0.618. The molecule has 0 radical (unpaired) electrons. The fourth-order valence-corrected chi connectivity index (χ4v) is 2.24. The van der Waals surface area contributed by atoms with E-state index >= 15 is 0 Å². The van der Waals surface area contributed by atoms with Crippen molar-refractivity contribution >= 4 is 40.0 Å². The number of fused-ring (bicyclic) bond motifs is 1. The molecule has 0 aliphatic rings. The number of nitrogens with zero attached hydrogens (tertiary/aromatic N) is 1. The largest absolute Gasteiger partial charge is 0.454 e. The third-order valence-electron chi connectivity index (χ3n) is 2.67. The third kappa shape index (κ3) is 2.13. The number of anilines is 1. The molecular weight excluding hydrogens is 290 g/mol. The number of aromatic nitrogens is 1. The molecular formula is C13H7Cl2FN2O. The van der Waals surface area contributed by atoms with Crippen molar-refractivity contribution in [2.24, 2.45) is 0 Å². The Morgan fingerprint density at radius 1 is 1.11 bits per heavy atom. The van der Waals surface area contributed by atoms with E-state index in [9.17, 15) is 4.39 Å². The minimum absolute atomic E-state index is 0.160. The molecule has 0 atom stereocenters. The lowest BCUT2D eigenvalue weighted by atomic mass is 10.2. The van der Waals surface area contributed by atoms with E-state index in [0.717, 1.165) is 0 Å². The van der Waals surface area contributed by atoms with Crippen molar-refractivity contribution in [3.63, 3.8) is 0 Å². The van der Waals surface area contributed by atoms with Crippen LogP contribution in [0, 0.1) is 5.82 Å². The first-order chi connectivity index (χ1) is 9.04. The summed E-state index contributed by atoms with van der Waals surface area (Å²) in [6.45, 7) is 0. The lowest BCUT2D eigenvalue weighted by Gasteiger charge is -2.03. The van der Waals surface area contributed by atoms with Crippen LogP contribution in [0.25, 0.3) is 22.4 Å². The van der Waals surface area contributed by atoms with E-state index in [0.29, 0.717) is 27.4 Å². The molecule has 0 saturated carbocycles. The quantitative estimate of drug-likeness (QED) is 0.718. The number of pyridine rings is 1. The highest BCUT2D eigenvalue weighted by Gasteiger charge is 2.14. The number of hydrogen-bond donors (Lipinski definition) is 1. The molecule has 2 aromatic heterocycles. The van der Waals surface area contributed by atoms with E-state index in [1.165, 1.54) is 18.2 Å². The summed E-state index contributed by atoms with van der Waals surface area (Å²) in [7, 11) is 0. The molecule has 0 aliphatic heterocycles. The Bertz CT molecular complexity index is 786. The monoisotopic (exact) mass is 296 g/mol. The number of halogens is 3. The van der Waals surface area contributed by atoms with Gasteiger partial charge in [0.2, 0.25) is 0 Å². The van der Waals surface area contributed by atoms with Gasteiger partial charge in [0.25, 0.3) is 0 Å². The molecule has 0 amide bonds. The standard InChI is InChI=1S/C13H7Cl2FN2O/c14-8-5-9(15)13(17)18-12(8)11-4-6-3-7(16)1-2-10(6)19-11/h1-5H,(H2,17,18). The van der Waals surface area contributed by atoms with Crippen molar-refractivity contribution in [3.05, 3.63) is 46.2 Å². The Hall–Kier alpha value is -1.78. The summed E-state index contributed by atoms with van der Waals surface area (Å²) in [6.07, 6.45) is 0. The van der Waals surface area contributed by atoms with Crippen molar-refractivity contribution < 1.29 is 8.81 Å². The van der Waals surface area contributed by atoms with Crippen LogP contribution in [0.5, 0.6) is 0 Å². The molecule has 0 aliphatic carbocycles. The summed E-state index contributed by atoms with van der Waals surface area (Å²) in [5.74, 6) is 0.233. The fraction of sp³-hybridized carbons (Fsp3) is 0. The molecule has 0 saturated heterocycles. The van der Waals surface area contributed by atoms with E-state index in [1.807, 2.05) is 0 Å². The van der Waals surface area contributed by atoms with E-state index in [-0.39, 0.29) is 16.7 Å². The lowest BCUT2D eigenvalue weighted by Crippen LogP contribution is -1.93. The predicted octanol–water partition coefficient (Wildman–Crippen LogP) is 4.52. The van der Waals surface area contributed by atoms with Gasteiger partial charge in [-0.25, -0.2) is 9.37 Å². The van der Waals surface area contributed by atoms with Crippen LogP contribution in [0.2, 0.25) is 10.0 Å². The summed E-state index contributed by atoms with van der Waals surface area (Å²) in [5, 5.41) is 1.22. The van der Waals surface area contributed by atoms with Crippen molar-refractivity contribution in [2.75, 3.05) is 5.73 Å². The van der Waals surface area contributed by atoms with E-state index < -0.39 is 0 Å². The van der Waals surface area contributed by atoms with Crippen LogP contribution in [-0.4, -0.2) is 4.98 Å².